The average molecular weight is 900 g/mol. The second-order valence-corrected chi connectivity index (χ2v) is 19.0. The van der Waals surface area contributed by atoms with Crippen LogP contribution >= 0.6 is 0 Å². The zero-order valence-corrected chi connectivity index (χ0v) is 39.1. The van der Waals surface area contributed by atoms with Gasteiger partial charge in [0.05, 0.1) is 16.8 Å². The van der Waals surface area contributed by atoms with Crippen LogP contribution in [0.1, 0.15) is 22.3 Å². The molecule has 330 valence electrons. The normalized spacial score (nSPS) is 13.1. The molecule has 2 aliphatic heterocycles. The SMILES string of the molecule is c1ccc(-c2cccc3c2B(c2ccc4cc(N5c6ccccc6C(c6ccccc6)(c6ccccc6)c6ccccc65)ccc4c2)c2c-3c(-c3ccccc3)c3ccccc3c2-c2ccccc2)cc1. The van der Waals surface area contributed by atoms with E-state index in [-0.39, 0.29) is 6.71 Å². The fourth-order valence-electron chi connectivity index (χ4n) is 12.5. The van der Waals surface area contributed by atoms with E-state index in [0.717, 1.165) is 5.69 Å². The summed E-state index contributed by atoms with van der Waals surface area (Å²) in [4.78, 5) is 2.49. The van der Waals surface area contributed by atoms with Crippen molar-refractivity contribution in [3.05, 3.63) is 301 Å². The third kappa shape index (κ3) is 6.28. The average Bonchev–Trinajstić information content (AvgIpc) is 3.80. The van der Waals surface area contributed by atoms with E-state index < -0.39 is 5.41 Å². The molecule has 0 N–H and O–H groups in total. The molecule has 14 rings (SSSR count). The fourth-order valence-corrected chi connectivity index (χ4v) is 12.5. The molecule has 0 radical (unpaired) electrons. The molecule has 0 aliphatic carbocycles. The Morgan fingerprint density at radius 3 is 1.38 bits per heavy atom. The molecule has 2 heteroatoms. The predicted octanol–water partition coefficient (Wildman–Crippen LogP) is 15.7. The van der Waals surface area contributed by atoms with Crippen LogP contribution in [0.15, 0.2) is 279 Å². The van der Waals surface area contributed by atoms with Gasteiger partial charge in [0.2, 0.25) is 6.71 Å². The molecule has 1 nitrogen and oxygen atoms in total. The first-order chi connectivity index (χ1) is 35.3. The van der Waals surface area contributed by atoms with E-state index in [0.29, 0.717) is 0 Å². The van der Waals surface area contributed by atoms with Crippen molar-refractivity contribution < 1.29 is 0 Å². The molecule has 0 spiro atoms. The smallest absolute Gasteiger partial charge is 0.244 e. The molecule has 0 saturated carbocycles. The molecule has 0 bridgehead atoms. The van der Waals surface area contributed by atoms with Gasteiger partial charge in [-0.1, -0.05) is 271 Å². The zero-order chi connectivity index (χ0) is 46.9. The van der Waals surface area contributed by atoms with E-state index in [1.165, 1.54) is 116 Å². The van der Waals surface area contributed by atoms with Crippen LogP contribution < -0.4 is 21.3 Å². The highest BCUT2D eigenvalue weighted by Crippen LogP contribution is 2.57. The zero-order valence-electron chi connectivity index (χ0n) is 39.1. The van der Waals surface area contributed by atoms with Crippen LogP contribution in [0, 0.1) is 0 Å². The van der Waals surface area contributed by atoms with Gasteiger partial charge >= 0.3 is 0 Å². The molecule has 0 amide bonds. The van der Waals surface area contributed by atoms with Crippen molar-refractivity contribution in [2.24, 2.45) is 0 Å². The van der Waals surface area contributed by atoms with E-state index in [4.69, 9.17) is 0 Å². The topological polar surface area (TPSA) is 3.24 Å². The van der Waals surface area contributed by atoms with Gasteiger partial charge in [0.25, 0.3) is 0 Å². The summed E-state index contributed by atoms with van der Waals surface area (Å²) in [7, 11) is 0. The first-order valence-electron chi connectivity index (χ1n) is 24.8. The molecule has 0 fully saturated rings. The summed E-state index contributed by atoms with van der Waals surface area (Å²) in [6, 6.07) is 104. The molecule has 0 aromatic heterocycles. The Hall–Kier alpha value is -8.98. The van der Waals surface area contributed by atoms with Gasteiger partial charge in [-0.25, -0.2) is 0 Å². The minimum atomic E-state index is -0.519. The van der Waals surface area contributed by atoms with Gasteiger partial charge in [0.15, 0.2) is 0 Å². The second kappa shape index (κ2) is 16.6. The summed E-state index contributed by atoms with van der Waals surface area (Å²) in [5, 5.41) is 4.95. The highest BCUT2D eigenvalue weighted by molar-refractivity contribution is 7.01. The Labute approximate surface area is 415 Å². The summed E-state index contributed by atoms with van der Waals surface area (Å²) in [5.41, 5.74) is 22.2. The van der Waals surface area contributed by atoms with Gasteiger partial charge in [0, 0.05) is 5.69 Å². The quantitative estimate of drug-likeness (QED) is 0.144. The maximum atomic E-state index is 2.49. The first kappa shape index (κ1) is 41.0. The molecule has 0 saturated heterocycles. The second-order valence-electron chi connectivity index (χ2n) is 19.0. The summed E-state index contributed by atoms with van der Waals surface area (Å²) in [6.45, 7) is -0.0484. The van der Waals surface area contributed by atoms with Crippen molar-refractivity contribution in [2.75, 3.05) is 4.90 Å². The molecular weight excluding hydrogens is 854 g/mol. The summed E-state index contributed by atoms with van der Waals surface area (Å²) in [6.07, 6.45) is 0. The first-order valence-corrected chi connectivity index (χ1v) is 24.8. The van der Waals surface area contributed by atoms with Crippen molar-refractivity contribution in [1.29, 1.82) is 0 Å². The molecule has 71 heavy (non-hydrogen) atoms. The van der Waals surface area contributed by atoms with Crippen LogP contribution in [-0.4, -0.2) is 6.71 Å². The number of nitrogens with zero attached hydrogens (tertiary/aromatic N) is 1. The molecule has 2 heterocycles. The Kier molecular flexibility index (Phi) is 9.61. The van der Waals surface area contributed by atoms with Crippen molar-refractivity contribution in [3.8, 4) is 44.5 Å². The lowest BCUT2D eigenvalue weighted by molar-refractivity contribution is 0.731. The molecule has 0 unspecified atom stereocenters. The van der Waals surface area contributed by atoms with Gasteiger partial charge in [-0.3, -0.25) is 0 Å². The number of para-hydroxylation sites is 2. The van der Waals surface area contributed by atoms with Crippen LogP contribution in [0.2, 0.25) is 0 Å². The van der Waals surface area contributed by atoms with Crippen LogP contribution in [0.3, 0.4) is 0 Å². The molecular formula is C69H46BN. The summed E-state index contributed by atoms with van der Waals surface area (Å²) in [5.74, 6) is 0. The van der Waals surface area contributed by atoms with Gasteiger partial charge < -0.3 is 4.90 Å². The van der Waals surface area contributed by atoms with E-state index in [9.17, 15) is 0 Å². The lowest BCUT2D eigenvalue weighted by Crippen LogP contribution is -2.50. The molecule has 12 aromatic carbocycles. The maximum Gasteiger partial charge on any atom is 0.244 e. The highest BCUT2D eigenvalue weighted by atomic mass is 15.2. The van der Waals surface area contributed by atoms with Crippen molar-refractivity contribution >= 4 is 61.7 Å². The molecule has 12 aromatic rings. The number of anilines is 3. The Morgan fingerprint density at radius 1 is 0.310 bits per heavy atom. The van der Waals surface area contributed by atoms with E-state index >= 15 is 0 Å². The minimum Gasteiger partial charge on any atom is -0.310 e. The van der Waals surface area contributed by atoms with Crippen LogP contribution in [0.25, 0.3) is 66.1 Å². The summed E-state index contributed by atoms with van der Waals surface area (Å²) >= 11 is 0. The van der Waals surface area contributed by atoms with Crippen molar-refractivity contribution in [2.45, 2.75) is 5.41 Å². The Morgan fingerprint density at radius 2 is 0.775 bits per heavy atom. The third-order valence-electron chi connectivity index (χ3n) is 15.4. The maximum absolute atomic E-state index is 2.49. The summed E-state index contributed by atoms with van der Waals surface area (Å²) < 4.78 is 0. The predicted molar refractivity (Wildman–Crippen MR) is 301 cm³/mol. The monoisotopic (exact) mass is 899 g/mol. The highest BCUT2D eigenvalue weighted by Gasteiger charge is 2.46. The van der Waals surface area contributed by atoms with E-state index in [1.807, 2.05) is 0 Å². The van der Waals surface area contributed by atoms with Crippen molar-refractivity contribution in [3.63, 3.8) is 0 Å². The molecule has 0 atom stereocenters. The number of fused-ring (bicyclic) bond motifs is 7. The third-order valence-corrected chi connectivity index (χ3v) is 15.4. The van der Waals surface area contributed by atoms with Gasteiger partial charge in [-0.2, -0.15) is 0 Å². The fraction of sp³-hybridized carbons (Fsp3) is 0.0145. The van der Waals surface area contributed by atoms with E-state index in [2.05, 4.69) is 284 Å². The standard InChI is InChI=1S/C69H46BN/c1-6-23-47(24-7-1)56-35-22-36-59-66-64(48-25-8-2-9-26-48)57-33-16-17-34-58(57)65(49-27-10-3-11-28-49)68(66)70(67(56)59)54-43-41-51-46-55(44-42-50(51)45-54)71-62-39-20-18-37-60(62)69(52-29-12-4-13-30-52,53-31-14-5-15-32-53)61-38-19-21-40-63(61)71/h1-46H. The number of benzene rings is 12. The van der Waals surface area contributed by atoms with Crippen LogP contribution in [-0.2, 0) is 5.41 Å². The Balaban J connectivity index is 0.995. The van der Waals surface area contributed by atoms with Gasteiger partial charge in [0.1, 0.15) is 0 Å². The number of hydrogen-bond donors (Lipinski definition) is 0. The largest absolute Gasteiger partial charge is 0.310 e. The lowest BCUT2D eigenvalue weighted by Gasteiger charge is -2.46. The van der Waals surface area contributed by atoms with Crippen molar-refractivity contribution in [1.82, 2.24) is 0 Å². The molecule has 2 aliphatic rings. The minimum absolute atomic E-state index is 0.0484. The van der Waals surface area contributed by atoms with Gasteiger partial charge in [-0.15, -0.1) is 0 Å². The van der Waals surface area contributed by atoms with Gasteiger partial charge in [-0.05, 0) is 113 Å². The lowest BCUT2D eigenvalue weighted by atomic mass is 9.37. The Bertz CT molecular complexity index is 3890. The van der Waals surface area contributed by atoms with E-state index in [1.54, 1.807) is 0 Å². The number of rotatable bonds is 7. The van der Waals surface area contributed by atoms with Crippen LogP contribution in [0.4, 0.5) is 17.1 Å². The van der Waals surface area contributed by atoms with Crippen LogP contribution in [0.5, 0.6) is 0 Å². The number of hydrogen-bond acceptors (Lipinski definition) is 1.